The van der Waals surface area contributed by atoms with E-state index in [2.05, 4.69) is 53.0 Å². The lowest BCUT2D eigenvalue weighted by Gasteiger charge is -2.29. The van der Waals surface area contributed by atoms with Crippen LogP contribution in [0.2, 0.25) is 0 Å². The molecule has 8 N–H and O–H groups in total. The summed E-state index contributed by atoms with van der Waals surface area (Å²) in [6.07, 6.45) is -1.28. The van der Waals surface area contributed by atoms with Crippen molar-refractivity contribution in [2.75, 3.05) is 118 Å². The molecule has 0 heterocycles. The SMILES string of the molecule is CCN(CC)CCNCC(O)COC(=O)C(C)(C)CC.CC[NH+](CC)CCN(CC(O)COC(=O)C(C)(C)CC)C(=O)[O-].CC[NH+](CC)CC[NH2+]CC(O)COC(=O)C(C)(C)CC.O=C=O.O=CO[O-].O=CO[O-].P. The topological polar surface area (TPSA) is 357 Å². The van der Waals surface area contributed by atoms with E-state index in [1.54, 1.807) is 18.7 Å². The monoisotopic (exact) mass is 1110 g/mol. The number of rotatable bonds is 35. The smallest absolute Gasteiger partial charge is 0.373 e. The summed E-state index contributed by atoms with van der Waals surface area (Å²) in [6.45, 7) is 40.9. The maximum Gasteiger partial charge on any atom is 0.373 e. The Labute approximate surface area is 451 Å². The van der Waals surface area contributed by atoms with Crippen LogP contribution in [-0.2, 0) is 57.5 Å². The highest BCUT2D eigenvalue weighted by Gasteiger charge is 2.30. The van der Waals surface area contributed by atoms with Crippen LogP contribution < -0.4 is 36.1 Å². The molecule has 0 rings (SSSR count). The molecule has 0 bridgehead atoms. The first-order valence-electron chi connectivity index (χ1n) is 25.5. The third-order valence-electron chi connectivity index (χ3n) is 12.1. The molecule has 0 aliphatic carbocycles. The van der Waals surface area contributed by atoms with Gasteiger partial charge in [0, 0.05) is 26.2 Å². The number of ether oxygens (including phenoxy) is 3. The number of aliphatic hydroxyl groups excluding tert-OH is 3. The highest BCUT2D eigenvalue weighted by atomic mass is 31.0. The lowest BCUT2D eigenvalue weighted by molar-refractivity contribution is -0.909. The van der Waals surface area contributed by atoms with Gasteiger partial charge in [-0.25, -0.2) is 0 Å². The summed E-state index contributed by atoms with van der Waals surface area (Å²) in [7, 11) is 0. The van der Waals surface area contributed by atoms with Gasteiger partial charge in [0.25, 0.3) is 12.9 Å². The number of nitrogens with one attached hydrogen (secondary N) is 3. The third-order valence-corrected chi connectivity index (χ3v) is 12.1. The lowest BCUT2D eigenvalue weighted by atomic mass is 9.91. The molecule has 0 aromatic carbocycles. The van der Waals surface area contributed by atoms with E-state index in [9.17, 15) is 39.6 Å². The van der Waals surface area contributed by atoms with Gasteiger partial charge in [0.1, 0.15) is 63.9 Å². The first-order valence-corrected chi connectivity index (χ1v) is 25.5. The number of nitrogens with zero attached hydrogens (tertiary/aromatic N) is 2. The molecule has 0 spiro atoms. The van der Waals surface area contributed by atoms with Gasteiger partial charge in [0.05, 0.1) is 55.5 Å². The summed E-state index contributed by atoms with van der Waals surface area (Å²) in [5.41, 5.74) is -1.55. The zero-order valence-electron chi connectivity index (χ0n) is 48.3. The molecule has 1 amide bonds. The van der Waals surface area contributed by atoms with Gasteiger partial charge in [-0.2, -0.15) is 19.5 Å². The number of nitrogens with two attached hydrogens (primary N) is 1. The van der Waals surface area contributed by atoms with Crippen LogP contribution in [0, 0.1) is 16.2 Å². The maximum atomic E-state index is 11.8. The van der Waals surface area contributed by atoms with E-state index >= 15 is 0 Å². The van der Waals surface area contributed by atoms with Gasteiger partial charge in [-0.1, -0.05) is 34.6 Å². The zero-order valence-corrected chi connectivity index (χ0v) is 49.7. The Kier molecular flexibility index (Phi) is 62.1. The lowest BCUT2D eigenvalue weighted by Crippen LogP contribution is -3.14. The van der Waals surface area contributed by atoms with Crippen molar-refractivity contribution in [3.8, 4) is 0 Å². The average Bonchev–Trinajstić information content (AvgIpc) is 3.39. The summed E-state index contributed by atoms with van der Waals surface area (Å²) in [5.74, 6) is -0.875. The number of carboxylic acid groups (broad SMARTS) is 1. The summed E-state index contributed by atoms with van der Waals surface area (Å²) < 4.78 is 15.4. The number of amides is 1. The molecule has 0 fully saturated rings. The highest BCUT2D eigenvalue weighted by molar-refractivity contribution is 6.92. The Balaban J connectivity index is -0.000000167. The Hall–Kier alpha value is -3.97. The van der Waals surface area contributed by atoms with Crippen LogP contribution in [0.25, 0.3) is 0 Å². The number of hydrogen-bond acceptors (Lipinski definition) is 21. The molecule has 0 radical (unpaired) electrons. The summed E-state index contributed by atoms with van der Waals surface area (Å²) in [5, 5.41) is 62.8. The largest absolute Gasteiger partial charge is 0.662 e. The highest BCUT2D eigenvalue weighted by Crippen LogP contribution is 2.23. The van der Waals surface area contributed by atoms with Crippen LogP contribution in [0.4, 0.5) is 4.79 Å². The molecular weight excluding hydrogens is 1010 g/mol. The van der Waals surface area contributed by atoms with E-state index in [0.717, 1.165) is 83.2 Å². The van der Waals surface area contributed by atoms with Crippen molar-refractivity contribution in [1.82, 2.24) is 15.1 Å². The predicted molar refractivity (Wildman–Crippen MR) is 277 cm³/mol. The van der Waals surface area contributed by atoms with Crippen molar-refractivity contribution in [1.29, 1.82) is 0 Å². The molecule has 4 atom stereocenters. The van der Waals surface area contributed by atoms with Crippen molar-refractivity contribution < 1.29 is 108 Å². The van der Waals surface area contributed by atoms with Gasteiger partial charge in [0.2, 0.25) is 0 Å². The average molecular weight is 1110 g/mol. The van der Waals surface area contributed by atoms with Crippen LogP contribution in [0.5, 0.6) is 0 Å². The number of carbonyl (C=O) groups excluding carboxylic acids is 8. The number of esters is 3. The van der Waals surface area contributed by atoms with Crippen LogP contribution in [-0.4, -0.2) is 205 Å². The van der Waals surface area contributed by atoms with E-state index in [1.807, 2.05) is 62.3 Å². The fourth-order valence-corrected chi connectivity index (χ4v) is 5.39. The Morgan fingerprint density at radius 3 is 1.31 bits per heavy atom. The summed E-state index contributed by atoms with van der Waals surface area (Å²) in [4.78, 5) is 91.4. The third kappa shape index (κ3) is 51.9. The van der Waals surface area contributed by atoms with Gasteiger partial charge in [-0.05, 0) is 102 Å². The maximum absolute atomic E-state index is 11.8. The van der Waals surface area contributed by atoms with E-state index in [1.165, 1.54) is 4.90 Å². The fourth-order valence-electron chi connectivity index (χ4n) is 5.39. The molecule has 0 saturated carbocycles. The predicted octanol–water partition coefficient (Wildman–Crippen LogP) is -4.69. The Bertz CT molecular complexity index is 1360. The van der Waals surface area contributed by atoms with Crippen molar-refractivity contribution in [3.63, 3.8) is 0 Å². The number of carbonyl (C=O) groups is 6. The minimum Gasteiger partial charge on any atom is -0.662 e. The Morgan fingerprint density at radius 1 is 0.640 bits per heavy atom. The molecule has 0 aliphatic heterocycles. The second kappa shape index (κ2) is 54.8. The zero-order chi connectivity index (χ0) is 58.8. The summed E-state index contributed by atoms with van der Waals surface area (Å²) in [6, 6.07) is 0. The number of likely N-dealkylation sites (N-methyl/N-ethyl adjacent to an activating group) is 3. The van der Waals surface area contributed by atoms with Gasteiger partial charge in [-0.15, -0.1) is 0 Å². The minimum absolute atomic E-state index is 0. The van der Waals surface area contributed by atoms with E-state index < -0.39 is 46.6 Å². The first-order chi connectivity index (χ1) is 34.7. The number of quaternary nitrogens is 3. The number of aliphatic hydroxyl groups is 3. The van der Waals surface area contributed by atoms with Crippen LogP contribution in [0.3, 0.4) is 0 Å². The van der Waals surface area contributed by atoms with Crippen LogP contribution >= 0.6 is 9.90 Å². The van der Waals surface area contributed by atoms with Crippen molar-refractivity contribution in [3.05, 3.63) is 0 Å². The van der Waals surface area contributed by atoms with E-state index in [4.69, 9.17) is 43.9 Å². The van der Waals surface area contributed by atoms with E-state index in [0.29, 0.717) is 26.1 Å². The van der Waals surface area contributed by atoms with Crippen LogP contribution in [0.15, 0.2) is 0 Å². The first kappa shape index (κ1) is 85.0. The van der Waals surface area contributed by atoms with Crippen molar-refractivity contribution >= 4 is 53.0 Å². The molecule has 0 aromatic rings. The van der Waals surface area contributed by atoms with Crippen molar-refractivity contribution in [2.24, 2.45) is 16.2 Å². The van der Waals surface area contributed by atoms with Gasteiger partial charge in [0.15, 0.2) is 0 Å². The second-order valence-corrected chi connectivity index (χ2v) is 18.6. The molecule has 0 aliphatic rings. The minimum atomic E-state index is -1.32. The van der Waals surface area contributed by atoms with Gasteiger partial charge in [-0.3, -0.25) is 24.0 Å². The molecule has 448 valence electrons. The van der Waals surface area contributed by atoms with Crippen molar-refractivity contribution in [2.45, 2.75) is 141 Å². The molecule has 0 saturated heterocycles. The van der Waals surface area contributed by atoms with Gasteiger partial charge < -0.3 is 90.0 Å². The molecule has 4 unspecified atom stereocenters. The molecule has 0 aromatic heterocycles. The van der Waals surface area contributed by atoms with E-state index in [-0.39, 0.29) is 73.8 Å². The standard InChI is InChI=1S/C16H32N2O5.2C15H32N2O3.2CH2O3.CO2.H3P/c1-6-16(4,5)14(20)23-12-13(19)11-18(15(21)22)10-9-17(7-2)8-3;2*1-6-15(4,5)14(19)20-12-13(18)11-16-9-10-17(7-2)8-3;2*2-1-4-3;2-1-3;/h13,19H,6-12H2,1-5H3,(H,21,22);2*13,16,18H,6-12H2,1-5H3;2*1,3H;;1H3. The molecule has 25 nitrogen and oxygen atoms in total. The molecular formula is C49H103N6O19P. The Morgan fingerprint density at radius 2 is 0.987 bits per heavy atom. The normalized spacial score (nSPS) is 11.9. The van der Waals surface area contributed by atoms with Crippen LogP contribution in [0.1, 0.15) is 123 Å². The summed E-state index contributed by atoms with van der Waals surface area (Å²) >= 11 is 0. The molecule has 75 heavy (non-hydrogen) atoms. The quantitative estimate of drug-likeness (QED) is 0.00596. The van der Waals surface area contributed by atoms with Gasteiger partial charge >= 0.3 is 24.1 Å². The fraction of sp³-hybridized carbons (Fsp3) is 0.857. The number of hydrogen-bond donors (Lipinski definition) is 7. The molecule has 26 heteroatoms. The second-order valence-electron chi connectivity index (χ2n) is 18.6.